The third-order valence-electron chi connectivity index (χ3n) is 7.04. The molecule has 1 aliphatic heterocycles. The molecule has 39 heavy (non-hydrogen) atoms. The number of hydrogen-bond acceptors (Lipinski definition) is 8. The Labute approximate surface area is 224 Å². The summed E-state index contributed by atoms with van der Waals surface area (Å²) in [4.78, 5) is 6.85. The van der Waals surface area contributed by atoms with Gasteiger partial charge in [0.2, 0.25) is 0 Å². The predicted molar refractivity (Wildman–Crippen MR) is 147 cm³/mol. The summed E-state index contributed by atoms with van der Waals surface area (Å²) in [6.45, 7) is 1.35. The maximum Gasteiger partial charge on any atom is 0.177 e. The summed E-state index contributed by atoms with van der Waals surface area (Å²) >= 11 is 0. The number of methoxy groups -OCH3 is 1. The van der Waals surface area contributed by atoms with Crippen LogP contribution in [0.25, 0.3) is 27.9 Å². The summed E-state index contributed by atoms with van der Waals surface area (Å²) in [5, 5.41) is 19.5. The molecule has 4 aromatic heterocycles. The lowest BCUT2D eigenvalue weighted by molar-refractivity contribution is 0.188. The molecule has 0 bridgehead atoms. The Hall–Kier alpha value is -4.99. The average molecular weight is 519 g/mol. The number of nitrogens with zero attached hydrogens (tertiary/aromatic N) is 8. The molecule has 0 saturated carbocycles. The number of rotatable bonds is 6. The Morgan fingerprint density at radius 1 is 0.949 bits per heavy atom. The molecule has 1 aliphatic rings. The van der Waals surface area contributed by atoms with E-state index in [0.29, 0.717) is 25.2 Å². The van der Waals surface area contributed by atoms with E-state index in [1.54, 1.807) is 17.8 Å². The second-order valence-electron chi connectivity index (χ2n) is 9.59. The van der Waals surface area contributed by atoms with E-state index in [1.165, 1.54) is 0 Å². The zero-order chi connectivity index (χ0) is 26.3. The van der Waals surface area contributed by atoms with Gasteiger partial charge in [0.05, 0.1) is 19.2 Å². The minimum absolute atomic E-state index is 0.159. The summed E-state index contributed by atoms with van der Waals surface area (Å²) in [6.07, 6.45) is 2.17. The minimum Gasteiger partial charge on any atom is -0.497 e. The molecule has 0 saturated heterocycles. The number of para-hydroxylation sites is 1. The van der Waals surface area contributed by atoms with Crippen LogP contribution in [0.15, 0.2) is 79.0 Å². The average Bonchev–Trinajstić information content (AvgIpc) is 3.53. The van der Waals surface area contributed by atoms with E-state index in [2.05, 4.69) is 44.3 Å². The van der Waals surface area contributed by atoms with Gasteiger partial charge >= 0.3 is 0 Å². The number of benzene rings is 2. The molecule has 0 fully saturated rings. The molecule has 0 aliphatic carbocycles. The van der Waals surface area contributed by atoms with Gasteiger partial charge < -0.3 is 14.4 Å². The zero-order valence-corrected chi connectivity index (χ0v) is 21.6. The van der Waals surface area contributed by atoms with Crippen LogP contribution < -0.4 is 14.4 Å². The molecular weight excluding hydrogens is 492 g/mol. The second-order valence-corrected chi connectivity index (χ2v) is 9.59. The third-order valence-corrected chi connectivity index (χ3v) is 7.04. The van der Waals surface area contributed by atoms with Gasteiger partial charge in [-0.3, -0.25) is 4.68 Å². The van der Waals surface area contributed by atoms with Crippen molar-refractivity contribution in [3.8, 4) is 22.9 Å². The maximum atomic E-state index is 6.39. The zero-order valence-electron chi connectivity index (χ0n) is 21.6. The molecule has 7 rings (SSSR count). The molecule has 1 unspecified atom stereocenters. The molecule has 5 heterocycles. The highest BCUT2D eigenvalue weighted by Crippen LogP contribution is 2.33. The van der Waals surface area contributed by atoms with Crippen LogP contribution in [-0.4, -0.2) is 54.3 Å². The largest absolute Gasteiger partial charge is 0.497 e. The van der Waals surface area contributed by atoms with E-state index in [0.717, 1.165) is 51.0 Å². The highest BCUT2D eigenvalue weighted by Gasteiger charge is 2.28. The molecule has 0 spiro atoms. The molecule has 194 valence electrons. The Morgan fingerprint density at radius 2 is 1.82 bits per heavy atom. The van der Waals surface area contributed by atoms with Crippen LogP contribution in [-0.2, 0) is 20.0 Å². The van der Waals surface area contributed by atoms with Crippen LogP contribution in [0.1, 0.15) is 11.4 Å². The standard InChI is InChI=1S/C29H26N8O2/c1-35-24-7-4-3-6-22(24)28(34-35)23-13-14-26-31-32-27(37(26)33-23)16-21-18-36(29-25(39-21)8-5-15-30-29)17-19-9-11-20(38-2)12-10-19/h3-15,21H,16-18H2,1-2H3. The highest BCUT2D eigenvalue weighted by atomic mass is 16.5. The van der Waals surface area contributed by atoms with Crippen molar-refractivity contribution in [2.45, 2.75) is 19.1 Å². The van der Waals surface area contributed by atoms with Crippen LogP contribution in [0.5, 0.6) is 11.5 Å². The van der Waals surface area contributed by atoms with Crippen LogP contribution in [0.4, 0.5) is 5.82 Å². The summed E-state index contributed by atoms with van der Waals surface area (Å²) in [6, 6.07) is 24.0. The number of pyridine rings is 1. The highest BCUT2D eigenvalue weighted by molar-refractivity contribution is 5.92. The van der Waals surface area contributed by atoms with Gasteiger partial charge in [-0.25, -0.2) is 4.98 Å². The summed E-state index contributed by atoms with van der Waals surface area (Å²) in [7, 11) is 3.62. The van der Waals surface area contributed by atoms with Crippen LogP contribution >= 0.6 is 0 Å². The number of aryl methyl sites for hydroxylation is 1. The molecule has 0 amide bonds. The number of hydrogen-bond donors (Lipinski definition) is 0. The Balaban J connectivity index is 1.19. The van der Waals surface area contributed by atoms with E-state index in [-0.39, 0.29) is 6.10 Å². The lowest BCUT2D eigenvalue weighted by atomic mass is 10.1. The van der Waals surface area contributed by atoms with Crippen molar-refractivity contribution in [1.82, 2.24) is 34.6 Å². The molecule has 10 nitrogen and oxygen atoms in total. The SMILES string of the molecule is COc1ccc(CN2CC(Cc3nnc4ccc(-c5nn(C)c6ccccc56)nn34)Oc3cccnc32)cc1. The minimum atomic E-state index is -0.159. The molecule has 0 radical (unpaired) electrons. The first kappa shape index (κ1) is 23.2. The van der Waals surface area contributed by atoms with Crippen LogP contribution in [0.2, 0.25) is 0 Å². The Bertz CT molecular complexity index is 1790. The number of anilines is 1. The normalized spacial score (nSPS) is 14.9. The topological polar surface area (TPSA) is 95.5 Å². The smallest absolute Gasteiger partial charge is 0.177 e. The van der Waals surface area contributed by atoms with E-state index >= 15 is 0 Å². The monoisotopic (exact) mass is 518 g/mol. The second kappa shape index (κ2) is 9.39. The number of fused-ring (bicyclic) bond motifs is 3. The molecule has 2 aromatic carbocycles. The van der Waals surface area contributed by atoms with E-state index < -0.39 is 0 Å². The summed E-state index contributed by atoms with van der Waals surface area (Å²) in [5.41, 5.74) is 4.49. The van der Waals surface area contributed by atoms with Crippen LogP contribution in [0.3, 0.4) is 0 Å². The fourth-order valence-corrected chi connectivity index (χ4v) is 5.15. The first-order chi connectivity index (χ1) is 19.2. The van der Waals surface area contributed by atoms with Crippen molar-refractivity contribution < 1.29 is 9.47 Å². The van der Waals surface area contributed by atoms with Crippen molar-refractivity contribution in [1.29, 1.82) is 0 Å². The van der Waals surface area contributed by atoms with Gasteiger partial charge in [-0.1, -0.05) is 30.3 Å². The fourth-order valence-electron chi connectivity index (χ4n) is 5.15. The maximum absolute atomic E-state index is 6.39. The van der Waals surface area contributed by atoms with Gasteiger partial charge in [0, 0.05) is 31.6 Å². The fraction of sp³-hybridized carbons (Fsp3) is 0.207. The summed E-state index contributed by atoms with van der Waals surface area (Å²) in [5.74, 6) is 3.15. The number of ether oxygens (including phenoxy) is 2. The number of aromatic nitrogens is 7. The van der Waals surface area contributed by atoms with Crippen molar-refractivity contribution in [2.24, 2.45) is 7.05 Å². The van der Waals surface area contributed by atoms with Gasteiger partial charge in [0.25, 0.3) is 0 Å². The van der Waals surface area contributed by atoms with Crippen molar-refractivity contribution in [2.75, 3.05) is 18.6 Å². The van der Waals surface area contributed by atoms with E-state index in [4.69, 9.17) is 19.7 Å². The molecule has 1 atom stereocenters. The van der Waals surface area contributed by atoms with E-state index in [9.17, 15) is 0 Å². The van der Waals surface area contributed by atoms with Gasteiger partial charge in [-0.05, 0) is 48.0 Å². The first-order valence-electron chi connectivity index (χ1n) is 12.8. The third kappa shape index (κ3) is 4.19. The van der Waals surface area contributed by atoms with Crippen LogP contribution in [0, 0.1) is 0 Å². The lowest BCUT2D eigenvalue weighted by Gasteiger charge is -2.35. The Kier molecular flexibility index (Phi) is 5.58. The van der Waals surface area contributed by atoms with Gasteiger partial charge in [0.15, 0.2) is 23.0 Å². The van der Waals surface area contributed by atoms with Gasteiger partial charge in [-0.15, -0.1) is 10.2 Å². The van der Waals surface area contributed by atoms with Gasteiger partial charge in [0.1, 0.15) is 23.2 Å². The molecule has 10 heteroatoms. The van der Waals surface area contributed by atoms with E-state index in [1.807, 2.05) is 60.3 Å². The molecule has 6 aromatic rings. The molecular formula is C29H26N8O2. The quantitative estimate of drug-likeness (QED) is 0.325. The first-order valence-corrected chi connectivity index (χ1v) is 12.8. The van der Waals surface area contributed by atoms with Crippen molar-refractivity contribution in [3.63, 3.8) is 0 Å². The lowest BCUT2D eigenvalue weighted by Crippen LogP contribution is -2.41. The van der Waals surface area contributed by atoms with Crippen molar-refractivity contribution >= 4 is 22.4 Å². The molecule has 0 N–H and O–H groups in total. The van der Waals surface area contributed by atoms with Crippen molar-refractivity contribution in [3.05, 3.63) is 90.4 Å². The summed E-state index contributed by atoms with van der Waals surface area (Å²) < 4.78 is 15.4. The Morgan fingerprint density at radius 3 is 2.69 bits per heavy atom. The predicted octanol–water partition coefficient (Wildman–Crippen LogP) is 4.09. The van der Waals surface area contributed by atoms with Gasteiger partial charge in [-0.2, -0.15) is 14.7 Å².